The number of halogens is 1. The molecule has 0 amide bonds. The lowest BCUT2D eigenvalue weighted by atomic mass is 10.0. The third kappa shape index (κ3) is 5.27. The molecule has 0 heterocycles. The zero-order valence-corrected chi connectivity index (χ0v) is 13.9. The number of phenolic OH excluding ortho intramolecular Hbond substituents is 1. The number of benzene rings is 2. The summed E-state index contributed by atoms with van der Waals surface area (Å²) in [6.45, 7) is 4.22. The maximum atomic E-state index is 13.6. The minimum atomic E-state index is -0.305. The van der Waals surface area contributed by atoms with Gasteiger partial charge in [-0.1, -0.05) is 38.3 Å². The molecule has 1 atom stereocenters. The van der Waals surface area contributed by atoms with Gasteiger partial charge in [-0.25, -0.2) is 4.39 Å². The van der Waals surface area contributed by atoms with E-state index in [1.54, 1.807) is 30.3 Å². The van der Waals surface area contributed by atoms with Gasteiger partial charge >= 0.3 is 0 Å². The first kappa shape index (κ1) is 17.3. The largest absolute Gasteiger partial charge is 0.508 e. The lowest BCUT2D eigenvalue weighted by molar-refractivity contribution is 0.206. The Morgan fingerprint density at radius 1 is 1.04 bits per heavy atom. The van der Waals surface area contributed by atoms with Crippen molar-refractivity contribution in [2.75, 3.05) is 0 Å². The van der Waals surface area contributed by atoms with Crippen LogP contribution in [0.3, 0.4) is 0 Å². The summed E-state index contributed by atoms with van der Waals surface area (Å²) in [5, 5.41) is 9.41. The minimum absolute atomic E-state index is 0.0459. The van der Waals surface area contributed by atoms with Crippen LogP contribution in [-0.2, 0) is 0 Å². The monoisotopic (exact) mass is 316 g/mol. The fourth-order valence-electron chi connectivity index (χ4n) is 2.61. The molecule has 2 aromatic rings. The molecule has 23 heavy (non-hydrogen) atoms. The maximum Gasteiger partial charge on any atom is 0.130 e. The summed E-state index contributed by atoms with van der Waals surface area (Å²) in [7, 11) is 0. The second-order valence-corrected chi connectivity index (χ2v) is 5.97. The van der Waals surface area contributed by atoms with E-state index in [0.717, 1.165) is 24.0 Å². The number of ether oxygens (including phenoxy) is 1. The van der Waals surface area contributed by atoms with Crippen LogP contribution in [0.5, 0.6) is 11.5 Å². The van der Waals surface area contributed by atoms with Gasteiger partial charge in [-0.2, -0.15) is 0 Å². The molecule has 0 aromatic heterocycles. The fourth-order valence-corrected chi connectivity index (χ4v) is 2.61. The van der Waals surface area contributed by atoms with Crippen LogP contribution in [-0.4, -0.2) is 11.2 Å². The van der Waals surface area contributed by atoms with E-state index in [4.69, 9.17) is 4.74 Å². The Bertz CT molecular complexity index is 608. The predicted octanol–water partition coefficient (Wildman–Crippen LogP) is 5.94. The Kier molecular flexibility index (Phi) is 6.45. The van der Waals surface area contributed by atoms with Crippen LogP contribution in [0, 0.1) is 5.82 Å². The zero-order valence-electron chi connectivity index (χ0n) is 13.9. The first-order valence-electron chi connectivity index (χ1n) is 8.35. The molecule has 2 nitrogen and oxygen atoms in total. The Hall–Kier alpha value is -2.03. The van der Waals surface area contributed by atoms with E-state index in [2.05, 4.69) is 6.92 Å². The molecule has 1 N–H and O–H groups in total. The summed E-state index contributed by atoms with van der Waals surface area (Å²) in [6.07, 6.45) is 5.79. The third-order valence-corrected chi connectivity index (χ3v) is 3.91. The van der Waals surface area contributed by atoms with Crippen molar-refractivity contribution in [1.29, 1.82) is 0 Å². The number of aromatic hydroxyl groups is 1. The van der Waals surface area contributed by atoms with Gasteiger partial charge in [0.1, 0.15) is 17.3 Å². The smallest absolute Gasteiger partial charge is 0.130 e. The summed E-state index contributed by atoms with van der Waals surface area (Å²) in [6, 6.07) is 11.4. The third-order valence-electron chi connectivity index (χ3n) is 3.91. The first-order valence-corrected chi connectivity index (χ1v) is 8.35. The highest BCUT2D eigenvalue weighted by Gasteiger charge is 2.11. The Morgan fingerprint density at radius 3 is 2.48 bits per heavy atom. The molecule has 2 aromatic carbocycles. The van der Waals surface area contributed by atoms with Gasteiger partial charge in [-0.05, 0) is 49.6 Å². The van der Waals surface area contributed by atoms with Gasteiger partial charge in [-0.3, -0.25) is 0 Å². The molecular formula is C20H25FO2. The van der Waals surface area contributed by atoms with E-state index < -0.39 is 0 Å². The molecule has 0 aliphatic carbocycles. The molecule has 0 radical (unpaired) electrons. The molecule has 3 heteroatoms. The van der Waals surface area contributed by atoms with Gasteiger partial charge in [0, 0.05) is 11.6 Å². The van der Waals surface area contributed by atoms with Crippen molar-refractivity contribution in [3.63, 3.8) is 0 Å². The van der Waals surface area contributed by atoms with Crippen LogP contribution < -0.4 is 4.74 Å². The molecular weight excluding hydrogens is 291 g/mol. The second kappa shape index (κ2) is 8.56. The Morgan fingerprint density at radius 2 is 1.78 bits per heavy atom. The molecule has 0 unspecified atom stereocenters. The molecule has 0 spiro atoms. The van der Waals surface area contributed by atoms with E-state index in [-0.39, 0.29) is 17.7 Å². The Labute approximate surface area is 137 Å². The average molecular weight is 316 g/mol. The van der Waals surface area contributed by atoms with Crippen LogP contribution in [0.2, 0.25) is 0 Å². The molecule has 0 saturated carbocycles. The number of rotatable bonds is 8. The van der Waals surface area contributed by atoms with E-state index in [1.165, 1.54) is 31.4 Å². The van der Waals surface area contributed by atoms with Crippen molar-refractivity contribution in [2.45, 2.75) is 52.1 Å². The molecule has 2 rings (SSSR count). The van der Waals surface area contributed by atoms with Crippen LogP contribution in [0.4, 0.5) is 4.39 Å². The van der Waals surface area contributed by atoms with E-state index in [9.17, 15) is 9.50 Å². The van der Waals surface area contributed by atoms with Crippen molar-refractivity contribution in [1.82, 2.24) is 0 Å². The highest BCUT2D eigenvalue weighted by molar-refractivity contribution is 5.70. The van der Waals surface area contributed by atoms with Gasteiger partial charge in [0.15, 0.2) is 0 Å². The molecule has 0 aliphatic heterocycles. The second-order valence-electron chi connectivity index (χ2n) is 5.97. The zero-order chi connectivity index (χ0) is 16.7. The van der Waals surface area contributed by atoms with Crippen LogP contribution >= 0.6 is 0 Å². The topological polar surface area (TPSA) is 29.5 Å². The fraction of sp³-hybridized carbons (Fsp3) is 0.400. The van der Waals surface area contributed by atoms with E-state index >= 15 is 0 Å². The van der Waals surface area contributed by atoms with Gasteiger partial charge in [0.2, 0.25) is 0 Å². The summed E-state index contributed by atoms with van der Waals surface area (Å²) in [5.74, 6) is 0.460. The summed E-state index contributed by atoms with van der Waals surface area (Å²) in [5.41, 5.74) is 1.74. The maximum absolute atomic E-state index is 13.6. The van der Waals surface area contributed by atoms with Crippen LogP contribution in [0.15, 0.2) is 42.5 Å². The van der Waals surface area contributed by atoms with Gasteiger partial charge in [0.05, 0.1) is 6.10 Å². The van der Waals surface area contributed by atoms with E-state index in [1.807, 2.05) is 6.92 Å². The first-order chi connectivity index (χ1) is 11.1. The Balaban J connectivity index is 2.11. The molecule has 0 aliphatic rings. The van der Waals surface area contributed by atoms with Crippen molar-refractivity contribution in [2.24, 2.45) is 0 Å². The number of unbranched alkanes of at least 4 members (excludes halogenated alkanes) is 3. The van der Waals surface area contributed by atoms with Gasteiger partial charge in [0.25, 0.3) is 0 Å². The highest BCUT2D eigenvalue weighted by atomic mass is 19.1. The summed E-state index contributed by atoms with van der Waals surface area (Å²) < 4.78 is 19.6. The number of hydrogen-bond acceptors (Lipinski definition) is 2. The summed E-state index contributed by atoms with van der Waals surface area (Å²) >= 11 is 0. The SMILES string of the molecule is CCCCCC[C@H](C)Oc1cc(F)ccc1-c1ccc(O)cc1. The summed E-state index contributed by atoms with van der Waals surface area (Å²) in [4.78, 5) is 0. The van der Waals surface area contributed by atoms with Crippen molar-refractivity contribution < 1.29 is 14.2 Å². The van der Waals surface area contributed by atoms with Crippen LogP contribution in [0.25, 0.3) is 11.1 Å². The lowest BCUT2D eigenvalue weighted by Gasteiger charge is -2.18. The molecule has 0 bridgehead atoms. The highest BCUT2D eigenvalue weighted by Crippen LogP contribution is 2.32. The number of hydrogen-bond donors (Lipinski definition) is 1. The normalized spacial score (nSPS) is 12.1. The van der Waals surface area contributed by atoms with Crippen LogP contribution in [0.1, 0.15) is 46.0 Å². The molecule has 0 fully saturated rings. The quantitative estimate of drug-likeness (QED) is 0.611. The minimum Gasteiger partial charge on any atom is -0.508 e. The standard InChI is InChI=1S/C20H25FO2/c1-3-4-5-6-7-15(2)23-20-14-17(21)10-13-19(20)16-8-11-18(22)12-9-16/h8-15,22H,3-7H2,1-2H3/t15-/m0/s1. The number of phenols is 1. The van der Waals surface area contributed by atoms with E-state index in [0.29, 0.717) is 5.75 Å². The molecule has 0 saturated heterocycles. The van der Waals surface area contributed by atoms with Crippen molar-refractivity contribution in [3.8, 4) is 22.6 Å². The van der Waals surface area contributed by atoms with Crippen molar-refractivity contribution >= 4 is 0 Å². The van der Waals surface area contributed by atoms with Gasteiger partial charge < -0.3 is 9.84 Å². The molecule has 124 valence electrons. The average Bonchev–Trinajstić information content (AvgIpc) is 2.53. The predicted molar refractivity (Wildman–Crippen MR) is 92.3 cm³/mol. The lowest BCUT2D eigenvalue weighted by Crippen LogP contribution is -2.12. The van der Waals surface area contributed by atoms with Crippen molar-refractivity contribution in [3.05, 3.63) is 48.3 Å². The van der Waals surface area contributed by atoms with Gasteiger partial charge in [-0.15, -0.1) is 0 Å².